The highest BCUT2D eigenvalue weighted by molar-refractivity contribution is 6.35. The van der Waals surface area contributed by atoms with Crippen molar-refractivity contribution in [3.8, 4) is 0 Å². The van der Waals surface area contributed by atoms with Gasteiger partial charge in [0.25, 0.3) is 11.8 Å². The first-order valence-corrected chi connectivity index (χ1v) is 10.1. The van der Waals surface area contributed by atoms with Crippen LogP contribution in [0.2, 0.25) is 5.02 Å². The van der Waals surface area contributed by atoms with Gasteiger partial charge >= 0.3 is 0 Å². The zero-order valence-corrected chi connectivity index (χ0v) is 16.7. The summed E-state index contributed by atoms with van der Waals surface area (Å²) < 4.78 is 0. The van der Waals surface area contributed by atoms with Crippen molar-refractivity contribution < 1.29 is 9.59 Å². The van der Waals surface area contributed by atoms with Gasteiger partial charge in [-0.2, -0.15) is 0 Å². The lowest BCUT2D eigenvalue weighted by atomic mass is 10.0. The molecule has 1 saturated heterocycles. The van der Waals surface area contributed by atoms with Gasteiger partial charge in [-0.1, -0.05) is 53.6 Å². The number of piperidine rings is 1. The van der Waals surface area contributed by atoms with Crippen molar-refractivity contribution in [2.45, 2.75) is 32.7 Å². The molecule has 2 heterocycles. The Bertz CT molecular complexity index is 926. The van der Waals surface area contributed by atoms with Crippen LogP contribution in [0.1, 0.15) is 36.0 Å². The maximum Gasteiger partial charge on any atom is 0.278 e. The van der Waals surface area contributed by atoms with Crippen LogP contribution in [0.5, 0.6) is 0 Å². The van der Waals surface area contributed by atoms with E-state index >= 15 is 0 Å². The molecule has 0 bridgehead atoms. The Morgan fingerprint density at radius 3 is 2.14 bits per heavy atom. The van der Waals surface area contributed by atoms with Crippen molar-refractivity contribution in [2.75, 3.05) is 13.1 Å². The third-order valence-electron chi connectivity index (χ3n) is 5.41. The molecule has 0 saturated carbocycles. The Morgan fingerprint density at radius 1 is 0.857 bits per heavy atom. The first kappa shape index (κ1) is 18.8. The fourth-order valence-corrected chi connectivity index (χ4v) is 4.00. The quantitative estimate of drug-likeness (QED) is 0.721. The topological polar surface area (TPSA) is 40.6 Å². The van der Waals surface area contributed by atoms with Gasteiger partial charge in [-0.15, -0.1) is 0 Å². The van der Waals surface area contributed by atoms with E-state index in [1.54, 1.807) is 12.1 Å². The normalized spacial score (nSPS) is 17.6. The van der Waals surface area contributed by atoms with E-state index in [2.05, 4.69) is 4.90 Å². The molecule has 2 amide bonds. The van der Waals surface area contributed by atoms with Gasteiger partial charge in [-0.05, 0) is 49.4 Å². The minimum atomic E-state index is -0.228. The lowest BCUT2D eigenvalue weighted by Crippen LogP contribution is -2.36. The van der Waals surface area contributed by atoms with E-state index in [4.69, 9.17) is 11.6 Å². The SMILES string of the molecule is Cc1ccc(CN2C(=O)C(c3ccc(Cl)cc3)=C(N3CCCCC3)C2=O)cc1. The third kappa shape index (κ3) is 3.57. The smallest absolute Gasteiger partial charge is 0.278 e. The number of halogens is 1. The molecule has 5 heteroatoms. The highest BCUT2D eigenvalue weighted by Crippen LogP contribution is 2.34. The Kier molecular flexibility index (Phi) is 5.23. The van der Waals surface area contributed by atoms with Crippen molar-refractivity contribution in [1.29, 1.82) is 0 Å². The number of hydrogen-bond acceptors (Lipinski definition) is 3. The first-order chi connectivity index (χ1) is 13.5. The van der Waals surface area contributed by atoms with E-state index in [1.165, 1.54) is 4.90 Å². The van der Waals surface area contributed by atoms with Crippen molar-refractivity contribution >= 4 is 29.0 Å². The summed E-state index contributed by atoms with van der Waals surface area (Å²) in [4.78, 5) is 30.1. The molecule has 2 aliphatic heterocycles. The van der Waals surface area contributed by atoms with E-state index in [0.29, 0.717) is 16.3 Å². The highest BCUT2D eigenvalue weighted by Gasteiger charge is 2.41. The van der Waals surface area contributed by atoms with Gasteiger partial charge in [-0.25, -0.2) is 0 Å². The van der Waals surface area contributed by atoms with E-state index in [9.17, 15) is 9.59 Å². The summed E-state index contributed by atoms with van der Waals surface area (Å²) in [6, 6.07) is 15.1. The number of imide groups is 1. The number of carbonyl (C=O) groups excluding carboxylic acids is 2. The average Bonchev–Trinajstić information content (AvgIpc) is 2.95. The molecule has 2 aromatic carbocycles. The van der Waals surface area contributed by atoms with Crippen LogP contribution in [0.15, 0.2) is 54.2 Å². The zero-order chi connectivity index (χ0) is 19.7. The van der Waals surface area contributed by atoms with Crippen molar-refractivity contribution in [2.24, 2.45) is 0 Å². The monoisotopic (exact) mass is 394 g/mol. The summed E-state index contributed by atoms with van der Waals surface area (Å²) in [7, 11) is 0. The number of benzene rings is 2. The van der Waals surface area contributed by atoms with Crippen LogP contribution in [0.3, 0.4) is 0 Å². The molecule has 2 aromatic rings. The van der Waals surface area contributed by atoms with Crippen LogP contribution in [0.4, 0.5) is 0 Å². The van der Waals surface area contributed by atoms with Crippen molar-refractivity contribution in [1.82, 2.24) is 9.80 Å². The molecule has 0 atom stereocenters. The van der Waals surface area contributed by atoms with Gasteiger partial charge < -0.3 is 4.90 Å². The Morgan fingerprint density at radius 2 is 1.50 bits per heavy atom. The van der Waals surface area contributed by atoms with E-state index < -0.39 is 0 Å². The van der Waals surface area contributed by atoms with E-state index in [0.717, 1.165) is 49.0 Å². The Hall–Kier alpha value is -2.59. The minimum absolute atomic E-state index is 0.197. The fraction of sp³-hybridized carbons (Fsp3) is 0.304. The second-order valence-corrected chi connectivity index (χ2v) is 7.90. The second-order valence-electron chi connectivity index (χ2n) is 7.46. The van der Waals surface area contributed by atoms with Crippen LogP contribution in [-0.2, 0) is 16.1 Å². The molecule has 0 aliphatic carbocycles. The Balaban J connectivity index is 1.72. The molecule has 0 aromatic heterocycles. The standard InChI is InChI=1S/C23H23ClN2O2/c1-16-5-7-17(8-6-16)15-26-22(27)20(18-9-11-19(24)12-10-18)21(23(26)28)25-13-3-2-4-14-25/h5-12H,2-4,13-15H2,1H3. The van der Waals surface area contributed by atoms with Crippen molar-refractivity contribution in [3.05, 3.63) is 75.9 Å². The fourth-order valence-electron chi connectivity index (χ4n) is 3.87. The van der Waals surface area contributed by atoms with E-state index in [1.807, 2.05) is 43.3 Å². The molecule has 2 aliphatic rings. The summed E-state index contributed by atoms with van der Waals surface area (Å²) in [5.74, 6) is -0.425. The summed E-state index contributed by atoms with van der Waals surface area (Å²) in [5, 5.41) is 0.608. The van der Waals surface area contributed by atoms with Gasteiger partial charge in [0, 0.05) is 18.1 Å². The minimum Gasteiger partial charge on any atom is -0.366 e. The molecule has 4 rings (SSSR count). The maximum atomic E-state index is 13.3. The zero-order valence-electron chi connectivity index (χ0n) is 16.0. The van der Waals surface area contributed by atoms with Crippen LogP contribution >= 0.6 is 11.6 Å². The summed E-state index contributed by atoms with van der Waals surface area (Å²) in [5.41, 5.74) is 3.88. The van der Waals surface area contributed by atoms with Gasteiger partial charge in [0.05, 0.1) is 12.1 Å². The molecule has 0 spiro atoms. The molecule has 1 fully saturated rings. The lowest BCUT2D eigenvalue weighted by Gasteiger charge is -2.29. The van der Waals surface area contributed by atoms with Gasteiger partial charge in [-0.3, -0.25) is 14.5 Å². The number of amides is 2. The van der Waals surface area contributed by atoms with Crippen LogP contribution < -0.4 is 0 Å². The van der Waals surface area contributed by atoms with Crippen LogP contribution in [-0.4, -0.2) is 34.7 Å². The molecule has 144 valence electrons. The van der Waals surface area contributed by atoms with Gasteiger partial charge in [0.1, 0.15) is 5.70 Å². The number of hydrogen-bond donors (Lipinski definition) is 0. The predicted molar refractivity (Wildman–Crippen MR) is 111 cm³/mol. The number of aryl methyl sites for hydroxylation is 1. The number of rotatable bonds is 4. The van der Waals surface area contributed by atoms with E-state index in [-0.39, 0.29) is 18.4 Å². The predicted octanol–water partition coefficient (Wildman–Crippen LogP) is 4.41. The lowest BCUT2D eigenvalue weighted by molar-refractivity contribution is -0.138. The van der Waals surface area contributed by atoms with Gasteiger partial charge in [0.2, 0.25) is 0 Å². The first-order valence-electron chi connectivity index (χ1n) is 9.71. The molecular weight excluding hydrogens is 372 g/mol. The number of likely N-dealkylation sites (tertiary alicyclic amines) is 1. The van der Waals surface area contributed by atoms with Crippen molar-refractivity contribution in [3.63, 3.8) is 0 Å². The van der Waals surface area contributed by atoms with Crippen LogP contribution in [0.25, 0.3) is 5.57 Å². The molecule has 4 nitrogen and oxygen atoms in total. The molecule has 0 unspecified atom stereocenters. The average molecular weight is 395 g/mol. The molecule has 28 heavy (non-hydrogen) atoms. The molecule has 0 radical (unpaired) electrons. The second kappa shape index (κ2) is 7.80. The maximum absolute atomic E-state index is 13.3. The molecular formula is C23H23ClN2O2. The number of carbonyl (C=O) groups is 2. The highest BCUT2D eigenvalue weighted by atomic mass is 35.5. The summed E-state index contributed by atoms with van der Waals surface area (Å²) >= 11 is 6.03. The Labute approximate surface area is 170 Å². The van der Waals surface area contributed by atoms with Gasteiger partial charge in [0.15, 0.2) is 0 Å². The van der Waals surface area contributed by atoms with Crippen LogP contribution in [0, 0.1) is 6.92 Å². The third-order valence-corrected chi connectivity index (χ3v) is 5.66. The molecule has 0 N–H and O–H groups in total. The summed E-state index contributed by atoms with van der Waals surface area (Å²) in [6.07, 6.45) is 3.24. The summed E-state index contributed by atoms with van der Waals surface area (Å²) in [6.45, 7) is 3.92. The largest absolute Gasteiger partial charge is 0.366 e. The number of nitrogens with zero attached hydrogens (tertiary/aromatic N) is 2.